The van der Waals surface area contributed by atoms with Crippen molar-refractivity contribution in [2.45, 2.75) is 52.0 Å². The first-order chi connectivity index (χ1) is 7.65. The molecule has 0 aromatic heterocycles. The molecular weight excluding hydrogens is 236 g/mol. The SMILES string of the molecule is CNCCC(=O)NC1CCCCC1C(C)C.Cl. The average molecular weight is 263 g/mol. The zero-order valence-corrected chi connectivity index (χ0v) is 12.1. The van der Waals surface area contributed by atoms with Crippen molar-refractivity contribution in [2.75, 3.05) is 13.6 Å². The second-order valence-corrected chi connectivity index (χ2v) is 5.22. The summed E-state index contributed by atoms with van der Waals surface area (Å²) in [6.45, 7) is 5.30. The van der Waals surface area contributed by atoms with Gasteiger partial charge in [-0.05, 0) is 31.7 Å². The molecule has 102 valence electrons. The molecule has 1 rings (SSSR count). The van der Waals surface area contributed by atoms with Gasteiger partial charge in [-0.2, -0.15) is 0 Å². The molecule has 1 fully saturated rings. The molecule has 4 heteroatoms. The smallest absolute Gasteiger partial charge is 0.221 e. The van der Waals surface area contributed by atoms with E-state index >= 15 is 0 Å². The molecule has 3 nitrogen and oxygen atoms in total. The zero-order valence-electron chi connectivity index (χ0n) is 11.3. The van der Waals surface area contributed by atoms with E-state index < -0.39 is 0 Å². The van der Waals surface area contributed by atoms with E-state index in [1.807, 2.05) is 7.05 Å². The van der Waals surface area contributed by atoms with E-state index in [2.05, 4.69) is 24.5 Å². The van der Waals surface area contributed by atoms with E-state index in [0.29, 0.717) is 24.3 Å². The van der Waals surface area contributed by atoms with Crippen LogP contribution in [0.5, 0.6) is 0 Å². The van der Waals surface area contributed by atoms with E-state index in [0.717, 1.165) is 13.0 Å². The molecule has 0 bridgehead atoms. The van der Waals surface area contributed by atoms with Crippen molar-refractivity contribution in [1.29, 1.82) is 0 Å². The summed E-state index contributed by atoms with van der Waals surface area (Å²) in [5.74, 6) is 1.55. The number of halogens is 1. The Morgan fingerprint density at radius 3 is 2.53 bits per heavy atom. The van der Waals surface area contributed by atoms with Gasteiger partial charge in [0.15, 0.2) is 0 Å². The fourth-order valence-electron chi connectivity index (χ4n) is 2.65. The molecule has 0 radical (unpaired) electrons. The second kappa shape index (κ2) is 8.76. The van der Waals surface area contributed by atoms with Gasteiger partial charge >= 0.3 is 0 Å². The Labute approximate surface area is 112 Å². The van der Waals surface area contributed by atoms with Gasteiger partial charge in [-0.1, -0.05) is 26.7 Å². The summed E-state index contributed by atoms with van der Waals surface area (Å²) in [5, 5.41) is 6.22. The summed E-state index contributed by atoms with van der Waals surface area (Å²) in [4.78, 5) is 11.7. The largest absolute Gasteiger partial charge is 0.353 e. The normalized spacial score (nSPS) is 24.2. The number of carbonyl (C=O) groups excluding carboxylic acids is 1. The fraction of sp³-hybridized carbons (Fsp3) is 0.923. The van der Waals surface area contributed by atoms with Crippen molar-refractivity contribution >= 4 is 18.3 Å². The zero-order chi connectivity index (χ0) is 12.0. The van der Waals surface area contributed by atoms with Gasteiger partial charge in [-0.15, -0.1) is 12.4 Å². The van der Waals surface area contributed by atoms with Crippen molar-refractivity contribution in [3.8, 4) is 0 Å². The molecule has 0 heterocycles. The number of nitrogens with one attached hydrogen (secondary N) is 2. The van der Waals surface area contributed by atoms with Crippen LogP contribution >= 0.6 is 12.4 Å². The third-order valence-electron chi connectivity index (χ3n) is 3.62. The molecule has 0 saturated heterocycles. The standard InChI is InChI=1S/C13H26N2O.ClH/c1-10(2)11-6-4-5-7-12(11)15-13(16)8-9-14-3;/h10-12,14H,4-9H2,1-3H3,(H,15,16);1H. The molecule has 2 N–H and O–H groups in total. The number of rotatable bonds is 5. The van der Waals surface area contributed by atoms with Gasteiger partial charge in [-0.25, -0.2) is 0 Å². The minimum Gasteiger partial charge on any atom is -0.353 e. The summed E-state index contributed by atoms with van der Waals surface area (Å²) >= 11 is 0. The van der Waals surface area contributed by atoms with Crippen LogP contribution in [0, 0.1) is 11.8 Å². The first-order valence-corrected chi connectivity index (χ1v) is 6.59. The van der Waals surface area contributed by atoms with Gasteiger partial charge in [0.25, 0.3) is 0 Å². The Kier molecular flexibility index (Phi) is 8.61. The van der Waals surface area contributed by atoms with E-state index in [4.69, 9.17) is 0 Å². The van der Waals surface area contributed by atoms with Crippen molar-refractivity contribution in [1.82, 2.24) is 10.6 Å². The predicted molar refractivity (Wildman–Crippen MR) is 74.5 cm³/mol. The monoisotopic (exact) mass is 262 g/mol. The lowest BCUT2D eigenvalue weighted by molar-refractivity contribution is -0.122. The molecule has 0 aromatic carbocycles. The maximum atomic E-state index is 11.7. The Morgan fingerprint density at radius 1 is 1.29 bits per heavy atom. The predicted octanol–water partition coefficient (Wildman–Crippen LogP) is 2.35. The number of hydrogen-bond acceptors (Lipinski definition) is 2. The molecule has 0 spiro atoms. The fourth-order valence-corrected chi connectivity index (χ4v) is 2.65. The summed E-state index contributed by atoms with van der Waals surface area (Å²) in [5.41, 5.74) is 0. The van der Waals surface area contributed by atoms with Gasteiger partial charge in [0.05, 0.1) is 0 Å². The molecule has 0 aromatic rings. The minimum atomic E-state index is 0. The average Bonchev–Trinajstić information content (AvgIpc) is 2.27. The first kappa shape index (κ1) is 16.7. The van der Waals surface area contributed by atoms with Crippen LogP contribution in [0.1, 0.15) is 46.0 Å². The van der Waals surface area contributed by atoms with Crippen LogP contribution in [0.3, 0.4) is 0 Å². The van der Waals surface area contributed by atoms with Crippen LogP contribution < -0.4 is 10.6 Å². The molecule has 2 unspecified atom stereocenters. The Hall–Kier alpha value is -0.280. The van der Waals surface area contributed by atoms with Gasteiger partial charge in [0.1, 0.15) is 0 Å². The highest BCUT2D eigenvalue weighted by atomic mass is 35.5. The van der Waals surface area contributed by atoms with Gasteiger partial charge in [0, 0.05) is 19.0 Å². The van der Waals surface area contributed by atoms with Crippen molar-refractivity contribution in [3.05, 3.63) is 0 Å². The molecule has 1 aliphatic carbocycles. The lowest BCUT2D eigenvalue weighted by Crippen LogP contribution is -2.44. The van der Waals surface area contributed by atoms with Crippen LogP contribution in [-0.4, -0.2) is 25.5 Å². The van der Waals surface area contributed by atoms with Crippen molar-refractivity contribution < 1.29 is 4.79 Å². The molecule has 1 saturated carbocycles. The number of amides is 1. The van der Waals surface area contributed by atoms with Crippen LogP contribution in [0.2, 0.25) is 0 Å². The third kappa shape index (κ3) is 5.73. The third-order valence-corrected chi connectivity index (χ3v) is 3.62. The molecule has 17 heavy (non-hydrogen) atoms. The Morgan fingerprint density at radius 2 is 1.94 bits per heavy atom. The van der Waals surface area contributed by atoms with Crippen LogP contribution in [0.15, 0.2) is 0 Å². The van der Waals surface area contributed by atoms with Crippen LogP contribution in [0.4, 0.5) is 0 Å². The quantitative estimate of drug-likeness (QED) is 0.799. The summed E-state index contributed by atoms with van der Waals surface area (Å²) in [6, 6.07) is 0.415. The van der Waals surface area contributed by atoms with E-state index in [9.17, 15) is 4.79 Å². The Bertz CT molecular complexity index is 221. The minimum absolute atomic E-state index is 0. The highest BCUT2D eigenvalue weighted by Gasteiger charge is 2.28. The Balaban J connectivity index is 0.00000256. The number of carbonyl (C=O) groups is 1. The van der Waals surface area contributed by atoms with Gasteiger partial charge in [0.2, 0.25) is 5.91 Å². The van der Waals surface area contributed by atoms with E-state index in [1.165, 1.54) is 19.3 Å². The first-order valence-electron chi connectivity index (χ1n) is 6.59. The number of hydrogen-bond donors (Lipinski definition) is 2. The second-order valence-electron chi connectivity index (χ2n) is 5.22. The molecule has 1 amide bonds. The lowest BCUT2D eigenvalue weighted by atomic mass is 9.78. The highest BCUT2D eigenvalue weighted by Crippen LogP contribution is 2.30. The highest BCUT2D eigenvalue weighted by molar-refractivity contribution is 5.85. The van der Waals surface area contributed by atoms with E-state index in [1.54, 1.807) is 0 Å². The van der Waals surface area contributed by atoms with Crippen LogP contribution in [0.25, 0.3) is 0 Å². The van der Waals surface area contributed by atoms with Crippen molar-refractivity contribution in [3.63, 3.8) is 0 Å². The van der Waals surface area contributed by atoms with Gasteiger partial charge < -0.3 is 10.6 Å². The van der Waals surface area contributed by atoms with Gasteiger partial charge in [-0.3, -0.25) is 4.79 Å². The summed E-state index contributed by atoms with van der Waals surface area (Å²) in [7, 11) is 1.88. The molecule has 2 atom stereocenters. The maximum Gasteiger partial charge on any atom is 0.221 e. The molecule has 1 aliphatic rings. The summed E-state index contributed by atoms with van der Waals surface area (Å²) in [6.07, 6.45) is 5.62. The lowest BCUT2D eigenvalue weighted by Gasteiger charge is -2.34. The molecular formula is C13H27ClN2O. The summed E-state index contributed by atoms with van der Waals surface area (Å²) < 4.78 is 0. The maximum absolute atomic E-state index is 11.7. The molecule has 0 aliphatic heterocycles. The van der Waals surface area contributed by atoms with E-state index in [-0.39, 0.29) is 18.3 Å². The van der Waals surface area contributed by atoms with Crippen molar-refractivity contribution in [2.24, 2.45) is 11.8 Å². The van der Waals surface area contributed by atoms with Crippen LogP contribution in [-0.2, 0) is 4.79 Å². The topological polar surface area (TPSA) is 41.1 Å².